The molecule has 4 heteroatoms. The standard InChI is InChI=1S/C11H17N3O/c1-11(12)7-14(8-11)6-9-4-3-5-10(13-9)15-2/h3-5H,6-8,12H2,1-2H3. The Balaban J connectivity index is 1.94. The Labute approximate surface area is 90.0 Å². The fraction of sp³-hybridized carbons (Fsp3) is 0.545. The molecule has 0 unspecified atom stereocenters. The van der Waals surface area contributed by atoms with Crippen LogP contribution in [0.2, 0.25) is 0 Å². The Morgan fingerprint density at radius 2 is 2.27 bits per heavy atom. The molecular formula is C11H17N3O. The minimum absolute atomic E-state index is 0.0150. The predicted octanol–water partition coefficient (Wildman–Crippen LogP) is 0.623. The van der Waals surface area contributed by atoms with Gasteiger partial charge in [-0.3, -0.25) is 4.90 Å². The Hall–Kier alpha value is -1.13. The van der Waals surface area contributed by atoms with E-state index in [1.54, 1.807) is 7.11 Å². The second kappa shape index (κ2) is 3.79. The van der Waals surface area contributed by atoms with Crippen LogP contribution in [-0.4, -0.2) is 35.6 Å². The average Bonchev–Trinajstić information content (AvgIpc) is 2.15. The number of hydrogen-bond donors (Lipinski definition) is 1. The van der Waals surface area contributed by atoms with Crippen LogP contribution in [0.3, 0.4) is 0 Å². The van der Waals surface area contributed by atoms with Gasteiger partial charge in [0.2, 0.25) is 5.88 Å². The molecule has 0 spiro atoms. The first-order valence-electron chi connectivity index (χ1n) is 5.10. The highest BCUT2D eigenvalue weighted by molar-refractivity contribution is 5.16. The van der Waals surface area contributed by atoms with Gasteiger partial charge < -0.3 is 10.5 Å². The zero-order valence-corrected chi connectivity index (χ0v) is 9.23. The van der Waals surface area contributed by atoms with E-state index in [4.69, 9.17) is 10.5 Å². The molecule has 82 valence electrons. The van der Waals surface area contributed by atoms with Gasteiger partial charge in [-0.25, -0.2) is 4.98 Å². The topological polar surface area (TPSA) is 51.4 Å². The third kappa shape index (κ3) is 2.46. The Morgan fingerprint density at radius 3 is 2.87 bits per heavy atom. The molecule has 0 atom stereocenters. The van der Waals surface area contributed by atoms with Crippen LogP contribution in [0.25, 0.3) is 0 Å². The van der Waals surface area contributed by atoms with E-state index < -0.39 is 0 Å². The van der Waals surface area contributed by atoms with Crippen molar-refractivity contribution in [2.75, 3.05) is 20.2 Å². The molecule has 2 N–H and O–H groups in total. The Morgan fingerprint density at radius 1 is 1.53 bits per heavy atom. The van der Waals surface area contributed by atoms with E-state index >= 15 is 0 Å². The summed E-state index contributed by atoms with van der Waals surface area (Å²) in [5.41, 5.74) is 6.95. The van der Waals surface area contributed by atoms with Crippen LogP contribution in [0.15, 0.2) is 18.2 Å². The van der Waals surface area contributed by atoms with E-state index in [2.05, 4.69) is 16.8 Å². The van der Waals surface area contributed by atoms with Crippen molar-refractivity contribution in [2.24, 2.45) is 5.73 Å². The van der Waals surface area contributed by atoms with Crippen molar-refractivity contribution in [2.45, 2.75) is 19.0 Å². The number of likely N-dealkylation sites (tertiary alicyclic amines) is 1. The Kier molecular flexibility index (Phi) is 2.63. The van der Waals surface area contributed by atoms with Crippen LogP contribution in [-0.2, 0) is 6.54 Å². The van der Waals surface area contributed by atoms with E-state index in [0.717, 1.165) is 25.3 Å². The van der Waals surface area contributed by atoms with Crippen molar-refractivity contribution in [1.82, 2.24) is 9.88 Å². The lowest BCUT2D eigenvalue weighted by molar-refractivity contribution is 0.0750. The molecule has 0 amide bonds. The van der Waals surface area contributed by atoms with Gasteiger partial charge >= 0.3 is 0 Å². The third-order valence-electron chi connectivity index (χ3n) is 2.55. The van der Waals surface area contributed by atoms with Crippen LogP contribution in [0.5, 0.6) is 5.88 Å². The summed E-state index contributed by atoms with van der Waals surface area (Å²) in [6.07, 6.45) is 0. The first kappa shape index (κ1) is 10.4. The molecule has 1 saturated heterocycles. The van der Waals surface area contributed by atoms with Crippen LogP contribution in [0, 0.1) is 0 Å². The molecule has 0 radical (unpaired) electrons. The molecule has 1 aromatic heterocycles. The van der Waals surface area contributed by atoms with Crippen LogP contribution in [0.1, 0.15) is 12.6 Å². The highest BCUT2D eigenvalue weighted by atomic mass is 16.5. The predicted molar refractivity (Wildman–Crippen MR) is 58.7 cm³/mol. The van der Waals surface area contributed by atoms with Gasteiger partial charge in [0.25, 0.3) is 0 Å². The highest BCUT2D eigenvalue weighted by Crippen LogP contribution is 2.19. The lowest BCUT2D eigenvalue weighted by Crippen LogP contribution is -2.64. The molecule has 1 aromatic rings. The molecule has 0 aromatic carbocycles. The fourth-order valence-electron chi connectivity index (χ4n) is 1.98. The molecule has 2 heterocycles. The van der Waals surface area contributed by atoms with E-state index in [-0.39, 0.29) is 5.54 Å². The molecule has 2 rings (SSSR count). The maximum Gasteiger partial charge on any atom is 0.213 e. The molecule has 4 nitrogen and oxygen atoms in total. The smallest absolute Gasteiger partial charge is 0.213 e. The maximum absolute atomic E-state index is 5.93. The number of nitrogens with two attached hydrogens (primary N) is 1. The SMILES string of the molecule is COc1cccc(CN2CC(C)(N)C2)n1. The molecule has 1 fully saturated rings. The normalized spacial score (nSPS) is 19.7. The van der Waals surface area contributed by atoms with Gasteiger partial charge in [-0.1, -0.05) is 6.07 Å². The Bertz CT molecular complexity index is 343. The average molecular weight is 207 g/mol. The summed E-state index contributed by atoms with van der Waals surface area (Å²) in [7, 11) is 1.63. The molecule has 1 aliphatic heterocycles. The number of pyridine rings is 1. The number of hydrogen-bond acceptors (Lipinski definition) is 4. The lowest BCUT2D eigenvalue weighted by Gasteiger charge is -2.45. The molecule has 0 bridgehead atoms. The molecule has 0 aliphatic carbocycles. The lowest BCUT2D eigenvalue weighted by atomic mass is 9.94. The van der Waals surface area contributed by atoms with Gasteiger partial charge in [-0.05, 0) is 13.0 Å². The summed E-state index contributed by atoms with van der Waals surface area (Å²) < 4.78 is 5.07. The second-order valence-corrected chi connectivity index (χ2v) is 4.47. The quantitative estimate of drug-likeness (QED) is 0.789. The zero-order valence-electron chi connectivity index (χ0n) is 9.23. The number of aromatic nitrogens is 1. The number of rotatable bonds is 3. The van der Waals surface area contributed by atoms with Crippen molar-refractivity contribution in [3.63, 3.8) is 0 Å². The second-order valence-electron chi connectivity index (χ2n) is 4.47. The minimum atomic E-state index is -0.0150. The minimum Gasteiger partial charge on any atom is -0.481 e. The molecular weight excluding hydrogens is 190 g/mol. The summed E-state index contributed by atoms with van der Waals surface area (Å²) in [6, 6.07) is 5.82. The summed E-state index contributed by atoms with van der Waals surface area (Å²) in [4.78, 5) is 6.64. The first-order valence-corrected chi connectivity index (χ1v) is 5.10. The van der Waals surface area contributed by atoms with Crippen LogP contribution >= 0.6 is 0 Å². The number of methoxy groups -OCH3 is 1. The van der Waals surface area contributed by atoms with Gasteiger partial charge in [0, 0.05) is 31.2 Å². The maximum atomic E-state index is 5.93. The molecule has 0 saturated carbocycles. The summed E-state index contributed by atoms with van der Waals surface area (Å²) in [5, 5.41) is 0. The van der Waals surface area contributed by atoms with Gasteiger partial charge in [0.15, 0.2) is 0 Å². The third-order valence-corrected chi connectivity index (χ3v) is 2.55. The zero-order chi connectivity index (χ0) is 10.9. The number of ether oxygens (including phenoxy) is 1. The highest BCUT2D eigenvalue weighted by Gasteiger charge is 2.34. The summed E-state index contributed by atoms with van der Waals surface area (Å²) in [6.45, 7) is 4.80. The van der Waals surface area contributed by atoms with Crippen molar-refractivity contribution in [1.29, 1.82) is 0 Å². The van der Waals surface area contributed by atoms with Gasteiger partial charge in [-0.15, -0.1) is 0 Å². The first-order chi connectivity index (χ1) is 7.09. The van der Waals surface area contributed by atoms with Crippen molar-refractivity contribution in [3.05, 3.63) is 23.9 Å². The monoisotopic (exact) mass is 207 g/mol. The summed E-state index contributed by atoms with van der Waals surface area (Å²) >= 11 is 0. The van der Waals surface area contributed by atoms with Crippen molar-refractivity contribution in [3.8, 4) is 5.88 Å². The summed E-state index contributed by atoms with van der Waals surface area (Å²) in [5.74, 6) is 0.670. The van der Waals surface area contributed by atoms with E-state index in [0.29, 0.717) is 5.88 Å². The van der Waals surface area contributed by atoms with E-state index in [9.17, 15) is 0 Å². The molecule has 15 heavy (non-hydrogen) atoms. The van der Waals surface area contributed by atoms with Gasteiger partial charge in [0.05, 0.1) is 12.8 Å². The van der Waals surface area contributed by atoms with E-state index in [1.807, 2.05) is 18.2 Å². The van der Waals surface area contributed by atoms with Gasteiger partial charge in [0.1, 0.15) is 0 Å². The number of nitrogens with zero attached hydrogens (tertiary/aromatic N) is 2. The largest absolute Gasteiger partial charge is 0.481 e. The van der Waals surface area contributed by atoms with E-state index in [1.165, 1.54) is 0 Å². The van der Waals surface area contributed by atoms with Crippen LogP contribution < -0.4 is 10.5 Å². The fourth-order valence-corrected chi connectivity index (χ4v) is 1.98. The molecule has 1 aliphatic rings. The van der Waals surface area contributed by atoms with Crippen LogP contribution in [0.4, 0.5) is 0 Å². The van der Waals surface area contributed by atoms with Crippen molar-refractivity contribution < 1.29 is 4.74 Å². The van der Waals surface area contributed by atoms with Crippen molar-refractivity contribution >= 4 is 0 Å². The van der Waals surface area contributed by atoms with Gasteiger partial charge in [-0.2, -0.15) is 0 Å².